The summed E-state index contributed by atoms with van der Waals surface area (Å²) in [6.07, 6.45) is 0.585. The molecule has 0 radical (unpaired) electrons. The highest BCUT2D eigenvalue weighted by molar-refractivity contribution is 6.04. The molecule has 5 N–H and O–H groups in total. The third-order valence-corrected chi connectivity index (χ3v) is 6.03. The summed E-state index contributed by atoms with van der Waals surface area (Å²) >= 11 is 0. The van der Waals surface area contributed by atoms with Gasteiger partial charge < -0.3 is 21.3 Å². The monoisotopic (exact) mass is 447 g/mol. The van der Waals surface area contributed by atoms with E-state index in [1.165, 1.54) is 7.11 Å². The molecule has 1 amide bonds. The average molecular weight is 447 g/mol. The molecule has 5 rings (SSSR count). The molecule has 1 fully saturated rings. The molecule has 0 saturated heterocycles. The number of primary amides is 1. The first kappa shape index (κ1) is 20.9. The Balaban J connectivity index is 1.70. The summed E-state index contributed by atoms with van der Waals surface area (Å²) in [5.41, 5.74) is 14.0. The van der Waals surface area contributed by atoms with Crippen molar-refractivity contribution in [1.29, 1.82) is 0 Å². The van der Waals surface area contributed by atoms with Crippen LogP contribution in [0.3, 0.4) is 0 Å². The molecule has 0 unspecified atom stereocenters. The lowest BCUT2D eigenvalue weighted by Crippen LogP contribution is -2.32. The van der Waals surface area contributed by atoms with Gasteiger partial charge in [-0.25, -0.2) is 14.1 Å². The number of carbonyl (C=O) groups is 1. The van der Waals surface area contributed by atoms with Crippen LogP contribution in [0, 0.1) is 5.82 Å². The number of hydrogen-bond donors (Lipinski definition) is 3. The van der Waals surface area contributed by atoms with Crippen molar-refractivity contribution in [3.05, 3.63) is 59.9 Å². The third-order valence-electron chi connectivity index (χ3n) is 6.03. The number of aliphatic hydroxyl groups excluding tert-OH is 1. The normalized spacial score (nSPS) is 17.7. The number of nitrogens with two attached hydrogens (primary N) is 2. The van der Waals surface area contributed by atoms with Crippen LogP contribution >= 0.6 is 0 Å². The van der Waals surface area contributed by atoms with E-state index in [2.05, 4.69) is 10.1 Å². The van der Waals surface area contributed by atoms with E-state index in [1.807, 2.05) is 6.07 Å². The van der Waals surface area contributed by atoms with Crippen molar-refractivity contribution in [2.45, 2.75) is 25.0 Å². The fraction of sp³-hybridized carbons (Fsp3) is 0.208. The largest absolute Gasteiger partial charge is 0.493 e. The molecule has 4 aromatic rings. The molecule has 9 heteroatoms. The second-order valence-electron chi connectivity index (χ2n) is 8.10. The van der Waals surface area contributed by atoms with Gasteiger partial charge in [0.25, 0.3) is 5.91 Å². The number of pyridine rings is 1. The number of methoxy groups -OCH3 is 1. The highest BCUT2D eigenvalue weighted by atomic mass is 19.1. The molecule has 1 aliphatic carbocycles. The average Bonchev–Trinajstić information content (AvgIpc) is 3.13. The molecule has 2 aromatic heterocycles. The van der Waals surface area contributed by atoms with Crippen LogP contribution in [0.1, 0.15) is 29.2 Å². The van der Waals surface area contributed by atoms with Gasteiger partial charge in [0, 0.05) is 16.5 Å². The van der Waals surface area contributed by atoms with Crippen LogP contribution in [0.25, 0.3) is 33.4 Å². The molecule has 33 heavy (non-hydrogen) atoms. The summed E-state index contributed by atoms with van der Waals surface area (Å²) in [4.78, 5) is 16.8. The summed E-state index contributed by atoms with van der Waals surface area (Å²) in [6, 6.07) is 13.9. The lowest BCUT2D eigenvalue weighted by atomic mass is 9.90. The predicted octanol–water partition coefficient (Wildman–Crippen LogP) is 3.29. The van der Waals surface area contributed by atoms with Crippen LogP contribution in [-0.4, -0.2) is 39.0 Å². The molecular formula is C24H22FN5O3. The topological polar surface area (TPSA) is 129 Å². The number of nitrogen functional groups attached to an aromatic ring is 1. The maximum atomic E-state index is 15.2. The van der Waals surface area contributed by atoms with E-state index in [9.17, 15) is 9.90 Å². The van der Waals surface area contributed by atoms with Crippen molar-refractivity contribution in [2.75, 3.05) is 12.8 Å². The molecule has 0 aliphatic heterocycles. The molecule has 0 atom stereocenters. The van der Waals surface area contributed by atoms with Crippen molar-refractivity contribution in [2.24, 2.45) is 5.73 Å². The Hall–Kier alpha value is -3.98. The molecule has 168 valence electrons. The van der Waals surface area contributed by atoms with Crippen molar-refractivity contribution >= 4 is 22.6 Å². The number of rotatable bonds is 5. The molecule has 2 aromatic carbocycles. The minimum absolute atomic E-state index is 0.0778. The number of ether oxygens (including phenoxy) is 1. The van der Waals surface area contributed by atoms with Gasteiger partial charge in [0.2, 0.25) is 0 Å². The zero-order chi connectivity index (χ0) is 23.3. The predicted molar refractivity (Wildman–Crippen MR) is 122 cm³/mol. The molecule has 0 bridgehead atoms. The molecule has 0 spiro atoms. The minimum Gasteiger partial charge on any atom is -0.493 e. The van der Waals surface area contributed by atoms with Crippen LogP contribution < -0.4 is 16.2 Å². The van der Waals surface area contributed by atoms with E-state index >= 15 is 4.39 Å². The van der Waals surface area contributed by atoms with Gasteiger partial charge in [-0.2, -0.15) is 5.10 Å². The zero-order valence-electron chi connectivity index (χ0n) is 17.8. The molecular weight excluding hydrogens is 425 g/mol. The lowest BCUT2D eigenvalue weighted by Gasteiger charge is -2.32. The Morgan fingerprint density at radius 3 is 2.52 bits per heavy atom. The van der Waals surface area contributed by atoms with E-state index < -0.39 is 17.8 Å². The molecule has 1 aliphatic rings. The van der Waals surface area contributed by atoms with Gasteiger partial charge in [-0.05, 0) is 25.0 Å². The maximum Gasteiger partial charge on any atom is 0.254 e. The van der Waals surface area contributed by atoms with Crippen molar-refractivity contribution < 1.29 is 19.0 Å². The van der Waals surface area contributed by atoms with Crippen LogP contribution in [0.15, 0.2) is 48.5 Å². The summed E-state index contributed by atoms with van der Waals surface area (Å²) in [5.74, 6) is -1.03. The summed E-state index contributed by atoms with van der Waals surface area (Å²) in [7, 11) is 1.40. The summed E-state index contributed by atoms with van der Waals surface area (Å²) < 4.78 is 22.1. The van der Waals surface area contributed by atoms with Crippen molar-refractivity contribution in [3.8, 4) is 28.3 Å². The molecule has 2 heterocycles. The standard InChI is InChI=1S/C24H22FN5O3/c1-33-22-16-8-7-13(9-17(16)28-21(19(22)25)12-5-3-2-4-6-12)20-18(24(27)32)23(26)30(29-20)14-10-15(31)11-14/h2-9,14-15,31H,10-11,26H2,1H3,(H2,27,32). The number of amides is 1. The van der Waals surface area contributed by atoms with Gasteiger partial charge in [0.15, 0.2) is 11.6 Å². The quantitative estimate of drug-likeness (QED) is 0.431. The van der Waals surface area contributed by atoms with Gasteiger partial charge in [0.05, 0.1) is 24.8 Å². The third kappa shape index (κ3) is 3.37. The number of aliphatic hydroxyl groups is 1. The van der Waals surface area contributed by atoms with E-state index in [4.69, 9.17) is 16.2 Å². The summed E-state index contributed by atoms with van der Waals surface area (Å²) in [5, 5.41) is 14.7. The van der Waals surface area contributed by atoms with Crippen molar-refractivity contribution in [1.82, 2.24) is 14.8 Å². The Morgan fingerprint density at radius 1 is 1.15 bits per heavy atom. The highest BCUT2D eigenvalue weighted by Gasteiger charge is 2.33. The fourth-order valence-corrected chi connectivity index (χ4v) is 4.28. The van der Waals surface area contributed by atoms with Crippen LogP contribution in [0.5, 0.6) is 5.75 Å². The zero-order valence-corrected chi connectivity index (χ0v) is 17.8. The van der Waals surface area contributed by atoms with Crippen LogP contribution in [0.4, 0.5) is 10.2 Å². The van der Waals surface area contributed by atoms with E-state index in [-0.39, 0.29) is 28.9 Å². The number of nitrogens with zero attached hydrogens (tertiary/aromatic N) is 3. The van der Waals surface area contributed by atoms with Gasteiger partial charge >= 0.3 is 0 Å². The number of fused-ring (bicyclic) bond motifs is 1. The minimum atomic E-state index is -0.705. The Kier molecular flexibility index (Phi) is 4.98. The molecule has 1 saturated carbocycles. The highest BCUT2D eigenvalue weighted by Crippen LogP contribution is 2.39. The fourth-order valence-electron chi connectivity index (χ4n) is 4.28. The first-order valence-electron chi connectivity index (χ1n) is 10.5. The second-order valence-corrected chi connectivity index (χ2v) is 8.10. The van der Waals surface area contributed by atoms with Crippen LogP contribution in [-0.2, 0) is 0 Å². The van der Waals surface area contributed by atoms with E-state index in [0.717, 1.165) is 0 Å². The number of anilines is 1. The second kappa shape index (κ2) is 7.86. The number of halogens is 1. The SMILES string of the molecule is COc1c(F)c(-c2ccccc2)nc2cc(-c3nn(C4CC(O)C4)c(N)c3C(N)=O)ccc12. The first-order valence-corrected chi connectivity index (χ1v) is 10.5. The summed E-state index contributed by atoms with van der Waals surface area (Å²) in [6.45, 7) is 0. The number of aromatic nitrogens is 3. The van der Waals surface area contributed by atoms with Crippen LogP contribution in [0.2, 0.25) is 0 Å². The van der Waals surface area contributed by atoms with Gasteiger partial charge in [-0.1, -0.05) is 36.4 Å². The number of hydrogen-bond acceptors (Lipinski definition) is 6. The van der Waals surface area contributed by atoms with Gasteiger partial charge in [-0.15, -0.1) is 0 Å². The van der Waals surface area contributed by atoms with E-state index in [0.29, 0.717) is 40.6 Å². The number of carbonyl (C=O) groups excluding carboxylic acids is 1. The van der Waals surface area contributed by atoms with E-state index in [1.54, 1.807) is 47.1 Å². The first-order chi connectivity index (χ1) is 15.9. The van der Waals surface area contributed by atoms with Gasteiger partial charge in [0.1, 0.15) is 22.8 Å². The Morgan fingerprint density at radius 2 is 1.88 bits per heavy atom. The Labute approximate surface area is 188 Å². The van der Waals surface area contributed by atoms with Crippen molar-refractivity contribution in [3.63, 3.8) is 0 Å². The number of benzene rings is 2. The lowest BCUT2D eigenvalue weighted by molar-refractivity contribution is 0.0445. The van der Waals surface area contributed by atoms with Gasteiger partial charge in [-0.3, -0.25) is 4.79 Å². The maximum absolute atomic E-state index is 15.2. The Bertz CT molecular complexity index is 1380. The smallest absolute Gasteiger partial charge is 0.254 e. The molecule has 8 nitrogen and oxygen atoms in total.